The largest absolute Gasteiger partial charge is 0.268 e. The standard InChI is InChI=1S/C31H20N2O2/c34-30-26-13-7-8-14-27(26)31(35)33(30)25-17-15-23(16-18-25)29-20-24(21-9-3-1-4-10-21)19-28(32-29)22-11-5-2-6-12-22/h1-20H. The smallest absolute Gasteiger partial charge is 0.266 e. The summed E-state index contributed by atoms with van der Waals surface area (Å²) in [6.07, 6.45) is 0. The predicted molar refractivity (Wildman–Crippen MR) is 138 cm³/mol. The van der Waals surface area contributed by atoms with Gasteiger partial charge >= 0.3 is 0 Å². The fourth-order valence-corrected chi connectivity index (χ4v) is 4.44. The van der Waals surface area contributed by atoms with E-state index in [1.165, 1.54) is 4.90 Å². The van der Waals surface area contributed by atoms with Crippen LogP contribution in [-0.4, -0.2) is 16.8 Å². The maximum Gasteiger partial charge on any atom is 0.266 e. The van der Waals surface area contributed by atoms with Crippen LogP contribution in [0.25, 0.3) is 33.6 Å². The molecule has 6 rings (SSSR count). The van der Waals surface area contributed by atoms with E-state index in [0.29, 0.717) is 16.8 Å². The van der Waals surface area contributed by atoms with E-state index in [-0.39, 0.29) is 11.8 Å². The Hall–Kier alpha value is -4.83. The fraction of sp³-hybridized carbons (Fsp3) is 0. The maximum atomic E-state index is 12.9. The van der Waals surface area contributed by atoms with Crippen LogP contribution in [0.1, 0.15) is 20.7 Å². The normalized spacial score (nSPS) is 12.6. The van der Waals surface area contributed by atoms with E-state index in [4.69, 9.17) is 4.98 Å². The molecular formula is C31H20N2O2. The number of aromatic nitrogens is 1. The van der Waals surface area contributed by atoms with Crippen molar-refractivity contribution in [2.24, 2.45) is 0 Å². The Morgan fingerprint density at radius 3 is 1.46 bits per heavy atom. The van der Waals surface area contributed by atoms with Crippen molar-refractivity contribution in [2.45, 2.75) is 0 Å². The number of anilines is 1. The van der Waals surface area contributed by atoms with Gasteiger partial charge in [-0.25, -0.2) is 9.88 Å². The Bertz CT molecular complexity index is 1470. The van der Waals surface area contributed by atoms with Gasteiger partial charge in [0.15, 0.2) is 0 Å². The molecule has 1 aliphatic rings. The second kappa shape index (κ2) is 8.50. The van der Waals surface area contributed by atoms with E-state index in [2.05, 4.69) is 24.3 Å². The van der Waals surface area contributed by atoms with Gasteiger partial charge in [-0.3, -0.25) is 9.59 Å². The van der Waals surface area contributed by atoms with Crippen molar-refractivity contribution in [3.8, 4) is 33.6 Å². The van der Waals surface area contributed by atoms with Crippen LogP contribution in [0.3, 0.4) is 0 Å². The third-order valence-electron chi connectivity index (χ3n) is 6.22. The Balaban J connectivity index is 1.40. The van der Waals surface area contributed by atoms with E-state index in [9.17, 15) is 9.59 Å². The zero-order valence-electron chi connectivity index (χ0n) is 18.8. The van der Waals surface area contributed by atoms with Crippen molar-refractivity contribution in [1.82, 2.24) is 4.98 Å². The number of amides is 2. The van der Waals surface area contributed by atoms with Crippen LogP contribution < -0.4 is 4.90 Å². The number of benzene rings is 4. The lowest BCUT2D eigenvalue weighted by atomic mass is 10.00. The Morgan fingerprint density at radius 2 is 0.914 bits per heavy atom. The average molecular weight is 453 g/mol. The van der Waals surface area contributed by atoms with Crippen LogP contribution in [0.4, 0.5) is 5.69 Å². The van der Waals surface area contributed by atoms with Gasteiger partial charge in [0.25, 0.3) is 11.8 Å². The van der Waals surface area contributed by atoms with E-state index >= 15 is 0 Å². The zero-order chi connectivity index (χ0) is 23.8. The first-order chi connectivity index (χ1) is 17.2. The van der Waals surface area contributed by atoms with Crippen LogP contribution in [0.5, 0.6) is 0 Å². The van der Waals surface area contributed by atoms with Crippen molar-refractivity contribution < 1.29 is 9.59 Å². The van der Waals surface area contributed by atoms with Crippen molar-refractivity contribution in [3.05, 3.63) is 132 Å². The number of carbonyl (C=O) groups excluding carboxylic acids is 2. The topological polar surface area (TPSA) is 50.3 Å². The van der Waals surface area contributed by atoms with Crippen molar-refractivity contribution in [1.29, 1.82) is 0 Å². The van der Waals surface area contributed by atoms with Gasteiger partial charge in [-0.15, -0.1) is 0 Å². The summed E-state index contributed by atoms with van der Waals surface area (Å²) in [6.45, 7) is 0. The number of hydrogen-bond donors (Lipinski definition) is 0. The second-order valence-corrected chi connectivity index (χ2v) is 8.40. The quantitative estimate of drug-likeness (QED) is 0.279. The Labute approximate surface area is 203 Å². The molecule has 0 saturated carbocycles. The van der Waals surface area contributed by atoms with Gasteiger partial charge in [0.2, 0.25) is 0 Å². The molecule has 4 heteroatoms. The van der Waals surface area contributed by atoms with Crippen LogP contribution in [0.15, 0.2) is 121 Å². The van der Waals surface area contributed by atoms with Crippen molar-refractivity contribution in [3.63, 3.8) is 0 Å². The highest BCUT2D eigenvalue weighted by Crippen LogP contribution is 2.33. The zero-order valence-corrected chi connectivity index (χ0v) is 18.8. The first-order valence-electron chi connectivity index (χ1n) is 11.4. The van der Waals surface area contributed by atoms with Crippen LogP contribution >= 0.6 is 0 Å². The lowest BCUT2D eigenvalue weighted by Crippen LogP contribution is -2.29. The third-order valence-corrected chi connectivity index (χ3v) is 6.22. The molecule has 0 bridgehead atoms. The summed E-state index contributed by atoms with van der Waals surface area (Å²) in [5.74, 6) is -0.595. The van der Waals surface area contributed by atoms with Crippen LogP contribution in [0, 0.1) is 0 Å². The van der Waals surface area contributed by atoms with Gasteiger partial charge < -0.3 is 0 Å². The SMILES string of the molecule is O=C1c2ccccc2C(=O)N1c1ccc(-c2cc(-c3ccccc3)cc(-c3ccccc3)n2)cc1. The minimum absolute atomic E-state index is 0.297. The Kier molecular flexibility index (Phi) is 5.04. The first kappa shape index (κ1) is 20.8. The minimum atomic E-state index is -0.297. The molecule has 1 aromatic heterocycles. The number of hydrogen-bond acceptors (Lipinski definition) is 3. The van der Waals surface area contributed by atoms with Crippen LogP contribution in [0.2, 0.25) is 0 Å². The number of imide groups is 1. The molecule has 2 heterocycles. The number of carbonyl (C=O) groups is 2. The highest BCUT2D eigenvalue weighted by atomic mass is 16.2. The number of fused-ring (bicyclic) bond motifs is 1. The molecule has 0 fully saturated rings. The maximum absolute atomic E-state index is 12.9. The van der Waals surface area contributed by atoms with Gasteiger partial charge in [0.05, 0.1) is 28.2 Å². The summed E-state index contributed by atoms with van der Waals surface area (Å²) in [6, 6.07) is 38.8. The molecule has 4 aromatic carbocycles. The molecule has 0 N–H and O–H groups in total. The summed E-state index contributed by atoms with van der Waals surface area (Å²) >= 11 is 0. The highest BCUT2D eigenvalue weighted by molar-refractivity contribution is 6.34. The molecule has 0 unspecified atom stereocenters. The molecule has 5 aromatic rings. The predicted octanol–water partition coefficient (Wildman–Crippen LogP) is 6.88. The average Bonchev–Trinajstić information content (AvgIpc) is 3.19. The van der Waals surface area contributed by atoms with E-state index in [1.807, 2.05) is 60.7 Å². The molecular weight excluding hydrogens is 432 g/mol. The van der Waals surface area contributed by atoms with Gasteiger partial charge in [-0.05, 0) is 47.5 Å². The monoisotopic (exact) mass is 452 g/mol. The van der Waals surface area contributed by atoms with Crippen molar-refractivity contribution in [2.75, 3.05) is 4.90 Å². The fourth-order valence-electron chi connectivity index (χ4n) is 4.44. The summed E-state index contributed by atoms with van der Waals surface area (Å²) in [5, 5.41) is 0. The molecule has 35 heavy (non-hydrogen) atoms. The molecule has 0 spiro atoms. The molecule has 0 radical (unpaired) electrons. The third kappa shape index (κ3) is 3.71. The lowest BCUT2D eigenvalue weighted by Gasteiger charge is -2.15. The van der Waals surface area contributed by atoms with Gasteiger partial charge in [-0.1, -0.05) is 84.9 Å². The molecule has 0 atom stereocenters. The lowest BCUT2D eigenvalue weighted by molar-refractivity contribution is 0.0926. The van der Waals surface area contributed by atoms with Gasteiger partial charge in [0.1, 0.15) is 0 Å². The summed E-state index contributed by atoms with van der Waals surface area (Å²) in [4.78, 5) is 31.9. The van der Waals surface area contributed by atoms with E-state index in [0.717, 1.165) is 33.6 Å². The van der Waals surface area contributed by atoms with Gasteiger partial charge in [-0.2, -0.15) is 0 Å². The minimum Gasteiger partial charge on any atom is -0.268 e. The summed E-state index contributed by atoms with van der Waals surface area (Å²) in [7, 11) is 0. The van der Waals surface area contributed by atoms with Crippen molar-refractivity contribution >= 4 is 17.5 Å². The van der Waals surface area contributed by atoms with E-state index in [1.54, 1.807) is 36.4 Å². The van der Waals surface area contributed by atoms with Crippen LogP contribution in [-0.2, 0) is 0 Å². The van der Waals surface area contributed by atoms with E-state index < -0.39 is 0 Å². The number of rotatable bonds is 4. The first-order valence-corrected chi connectivity index (χ1v) is 11.4. The second-order valence-electron chi connectivity index (χ2n) is 8.40. The summed E-state index contributed by atoms with van der Waals surface area (Å²) in [5.41, 5.74) is 7.23. The molecule has 0 aliphatic carbocycles. The molecule has 0 saturated heterocycles. The molecule has 2 amide bonds. The Morgan fingerprint density at radius 1 is 0.457 bits per heavy atom. The summed E-state index contributed by atoms with van der Waals surface area (Å²) < 4.78 is 0. The highest BCUT2D eigenvalue weighted by Gasteiger charge is 2.36. The molecule has 4 nitrogen and oxygen atoms in total. The van der Waals surface area contributed by atoms with Gasteiger partial charge in [0, 0.05) is 11.1 Å². The number of pyridine rings is 1. The number of nitrogens with zero attached hydrogens (tertiary/aromatic N) is 2. The molecule has 1 aliphatic heterocycles. The molecule has 166 valence electrons.